The first-order valence-electron chi connectivity index (χ1n) is 18.3. The van der Waals surface area contributed by atoms with E-state index in [9.17, 15) is 0 Å². The minimum atomic E-state index is -3.22. The molecule has 0 unspecified atom stereocenters. The van der Waals surface area contributed by atoms with Crippen LogP contribution in [0.25, 0.3) is 0 Å². The Kier molecular flexibility index (Phi) is 10.4. The lowest BCUT2D eigenvalue weighted by atomic mass is 10.4. The van der Waals surface area contributed by atoms with Gasteiger partial charge in [-0.05, 0) is 10.4 Å². The summed E-state index contributed by atoms with van der Waals surface area (Å²) in [5, 5.41) is 11.8. The van der Waals surface area contributed by atoms with Crippen LogP contribution >= 0.6 is 15.3 Å². The van der Waals surface area contributed by atoms with Crippen LogP contribution in [-0.4, -0.2) is 28.7 Å². The van der Waals surface area contributed by atoms with Crippen molar-refractivity contribution >= 4 is 85.5 Å². The van der Waals surface area contributed by atoms with Gasteiger partial charge in [0.05, 0.1) is 0 Å². The largest absolute Gasteiger partial charge is 0.189 e. The lowest BCUT2D eigenvalue weighted by molar-refractivity contribution is 1.69. The smallest absolute Gasteiger partial charge is 0.117 e. The van der Waals surface area contributed by atoms with Crippen molar-refractivity contribution in [3.05, 3.63) is 243 Å². The Bertz CT molecular complexity index is 2170. The molecule has 0 aliphatic rings. The van der Waals surface area contributed by atoms with Crippen molar-refractivity contribution < 1.29 is 0 Å². The maximum absolute atomic E-state index is 5.10. The van der Waals surface area contributed by atoms with Gasteiger partial charge in [-0.15, -0.1) is 15.3 Å². The van der Waals surface area contributed by atoms with Crippen LogP contribution in [0, 0.1) is 0 Å². The Balaban J connectivity index is 1.74. The Labute approximate surface area is 326 Å². The molecule has 0 aromatic heterocycles. The second-order valence-electron chi connectivity index (χ2n) is 13.7. The Morgan fingerprint density at radius 3 is 0.774 bits per heavy atom. The molecule has 53 heavy (non-hydrogen) atoms. The molecule has 0 fully saturated rings. The van der Waals surface area contributed by atoms with Crippen molar-refractivity contribution in [1.82, 2.24) is 0 Å². The zero-order valence-electron chi connectivity index (χ0n) is 29.5. The van der Waals surface area contributed by atoms with Crippen LogP contribution in [0.5, 0.6) is 0 Å². The van der Waals surface area contributed by atoms with Gasteiger partial charge in [0.2, 0.25) is 0 Å². The van der Waals surface area contributed by atoms with E-state index in [0.29, 0.717) is 0 Å². The highest BCUT2D eigenvalue weighted by atomic mass is 79.9. The van der Waals surface area contributed by atoms with Gasteiger partial charge >= 0.3 is 0 Å². The van der Waals surface area contributed by atoms with Crippen molar-refractivity contribution in [2.45, 2.75) is 0 Å². The summed E-state index contributed by atoms with van der Waals surface area (Å²) in [5.74, 6) is 0. The van der Waals surface area contributed by atoms with E-state index >= 15 is 0 Å². The fourth-order valence-corrected chi connectivity index (χ4v) is 96.1. The highest BCUT2D eigenvalue weighted by Crippen LogP contribution is 2.35. The summed E-state index contributed by atoms with van der Waals surface area (Å²) in [7, 11) is -8.61. The lowest BCUT2D eigenvalue weighted by Gasteiger charge is -2.59. The molecule has 0 nitrogen and oxygen atoms in total. The predicted molar refractivity (Wildman–Crippen MR) is 242 cm³/mol. The fourth-order valence-electron chi connectivity index (χ4n) is 9.14. The second kappa shape index (κ2) is 15.6. The highest BCUT2D eigenvalue weighted by molar-refractivity contribution is 9.29. The fraction of sp³-hybridized carbons (Fsp3) is 0. The summed E-state index contributed by atoms with van der Waals surface area (Å²) in [6.45, 7) is 0. The Morgan fingerprint density at radius 2 is 0.491 bits per heavy atom. The van der Waals surface area contributed by atoms with Gasteiger partial charge in [0.25, 0.3) is 0 Å². The third-order valence-electron chi connectivity index (χ3n) is 11.0. The molecule has 256 valence electrons. The molecular formula is C48H41BrSi4. The minimum absolute atomic E-state index is 1.42. The quantitative estimate of drug-likeness (QED) is 0.112. The number of halogens is 1. The summed E-state index contributed by atoms with van der Waals surface area (Å²) in [6.07, 6.45) is -3.04. The molecule has 0 amide bonds. The van der Waals surface area contributed by atoms with Crippen LogP contribution in [0.1, 0.15) is 0 Å². The number of hydrogen-bond acceptors (Lipinski definition) is 0. The summed E-state index contributed by atoms with van der Waals surface area (Å²) in [4.78, 5) is 0. The van der Waals surface area contributed by atoms with Crippen molar-refractivity contribution in [2.24, 2.45) is 0 Å². The molecule has 0 atom stereocenters. The third-order valence-corrected chi connectivity index (χ3v) is 70.9. The highest BCUT2D eigenvalue weighted by Gasteiger charge is 2.73. The molecule has 0 aliphatic carbocycles. The van der Waals surface area contributed by atoms with Gasteiger partial charge in [0.15, 0.2) is 6.21 Å². The molecule has 5 heteroatoms. The van der Waals surface area contributed by atoms with Crippen LogP contribution in [0.15, 0.2) is 243 Å². The van der Waals surface area contributed by atoms with Crippen LogP contribution in [-0.2, 0) is 0 Å². The van der Waals surface area contributed by atoms with Crippen LogP contribution in [0.3, 0.4) is 0 Å². The van der Waals surface area contributed by atoms with Gasteiger partial charge in [-0.3, -0.25) is 0 Å². The van der Waals surface area contributed by atoms with E-state index in [1.165, 1.54) is 41.5 Å². The third kappa shape index (κ3) is 5.93. The molecule has 0 bridgehead atoms. The topological polar surface area (TPSA) is 0 Å². The molecule has 0 radical (unpaired) electrons. The van der Waals surface area contributed by atoms with E-state index in [-0.39, 0.29) is 0 Å². The van der Waals surface area contributed by atoms with Gasteiger partial charge in [-0.2, -0.15) is 0 Å². The van der Waals surface area contributed by atoms with Gasteiger partial charge < -0.3 is 0 Å². The Hall–Kier alpha value is -4.89. The average molecular weight is 810 g/mol. The van der Waals surface area contributed by atoms with Crippen molar-refractivity contribution in [2.75, 3.05) is 0 Å². The first-order valence-corrected chi connectivity index (χ1v) is 31.6. The van der Waals surface area contributed by atoms with E-state index in [1.807, 2.05) is 0 Å². The van der Waals surface area contributed by atoms with Gasteiger partial charge in [0, 0.05) is 0 Å². The first kappa shape index (κ1) is 35.2. The standard InChI is InChI=1S/C48H41BrSi4/c49-51(43-29-13-3-14-30-43,44-31-15-4-16-32-44)53(47-37-21-7-22-38-47,48-39-23-8-24-40-48)52(45-33-17-5-18-34-45,46-35-19-6-20-36-46)50(41-25-9-1-10-26-41)42-27-11-2-12-28-42/h1-40,50H. The van der Waals surface area contributed by atoms with Gasteiger partial charge in [-0.1, -0.05) is 274 Å². The zero-order valence-corrected chi connectivity index (χ0v) is 35.3. The van der Waals surface area contributed by atoms with E-state index in [1.54, 1.807) is 0 Å². The second-order valence-corrected chi connectivity index (χ2v) is 46.2. The SMILES string of the molecule is Br[Si](c1ccccc1)(c1ccccc1)[Si](c1ccccc1)(c1ccccc1)[Si](c1ccccc1)(c1ccccc1)[SiH](c1ccccc1)c1ccccc1. The van der Waals surface area contributed by atoms with E-state index < -0.39 is 28.7 Å². The van der Waals surface area contributed by atoms with E-state index in [4.69, 9.17) is 15.3 Å². The van der Waals surface area contributed by atoms with Crippen molar-refractivity contribution in [3.8, 4) is 0 Å². The van der Waals surface area contributed by atoms with E-state index in [0.717, 1.165) is 0 Å². The summed E-state index contributed by atoms with van der Waals surface area (Å²) < 4.78 is 0. The maximum atomic E-state index is 5.10. The average Bonchev–Trinajstić information content (AvgIpc) is 3.26. The van der Waals surface area contributed by atoms with Crippen LogP contribution in [0.4, 0.5) is 0 Å². The molecule has 8 aromatic rings. The number of benzene rings is 8. The molecule has 0 spiro atoms. The first-order chi connectivity index (χ1) is 26.2. The predicted octanol–water partition coefficient (Wildman–Crippen LogP) is 5.94. The molecule has 0 heterocycles. The van der Waals surface area contributed by atoms with E-state index in [2.05, 4.69) is 243 Å². The minimum Gasteiger partial charge on any atom is -0.117 e. The molecule has 0 saturated carbocycles. The summed E-state index contributed by atoms with van der Waals surface area (Å²) in [5.41, 5.74) is 0. The van der Waals surface area contributed by atoms with Crippen molar-refractivity contribution in [3.63, 3.8) is 0 Å². The van der Waals surface area contributed by atoms with Gasteiger partial charge in [-0.25, -0.2) is 0 Å². The number of rotatable bonds is 11. The molecule has 8 aromatic carbocycles. The lowest BCUT2D eigenvalue weighted by Crippen LogP contribution is -3.02. The van der Waals surface area contributed by atoms with Crippen LogP contribution < -0.4 is 41.5 Å². The molecule has 0 N–H and O–H groups in total. The molecular weight excluding hydrogens is 769 g/mol. The summed E-state index contributed by atoms with van der Waals surface area (Å²) >= 11 is 5.10. The molecule has 0 saturated heterocycles. The summed E-state index contributed by atoms with van der Waals surface area (Å²) in [6, 6.07) is 93.7. The maximum Gasteiger partial charge on any atom is 0.189 e. The van der Waals surface area contributed by atoms with Gasteiger partial charge in [0.1, 0.15) is 22.5 Å². The van der Waals surface area contributed by atoms with Crippen LogP contribution in [0.2, 0.25) is 0 Å². The number of hydrogen-bond donors (Lipinski definition) is 0. The normalized spacial score (nSPS) is 12.0. The molecule has 8 rings (SSSR count). The zero-order chi connectivity index (χ0) is 36.0. The molecule has 0 aliphatic heterocycles. The Morgan fingerprint density at radius 1 is 0.264 bits per heavy atom. The van der Waals surface area contributed by atoms with Crippen molar-refractivity contribution in [1.29, 1.82) is 0 Å². The monoisotopic (exact) mass is 808 g/mol.